The molecule has 10 nitrogen and oxygen atoms in total. The van der Waals surface area contributed by atoms with Crippen molar-refractivity contribution in [2.24, 2.45) is 0 Å². The summed E-state index contributed by atoms with van der Waals surface area (Å²) in [6, 6.07) is 6.02. The molecule has 10 heteroatoms. The maximum Gasteiger partial charge on any atom is 0.251 e. The summed E-state index contributed by atoms with van der Waals surface area (Å²) in [5.74, 6) is 1.67. The van der Waals surface area contributed by atoms with Gasteiger partial charge < -0.3 is 30.5 Å². The van der Waals surface area contributed by atoms with Crippen molar-refractivity contribution >= 4 is 35.0 Å². The molecule has 5 rings (SSSR count). The Bertz CT molecular complexity index is 1130. The van der Waals surface area contributed by atoms with Crippen molar-refractivity contribution in [2.75, 3.05) is 48.9 Å². The van der Waals surface area contributed by atoms with Crippen LogP contribution in [0.5, 0.6) is 5.75 Å². The number of ether oxygens (including phenoxy) is 1. The minimum Gasteiger partial charge on any atom is -0.495 e. The van der Waals surface area contributed by atoms with Crippen molar-refractivity contribution in [1.82, 2.24) is 20.6 Å². The molecule has 1 atom stereocenters. The van der Waals surface area contributed by atoms with Gasteiger partial charge in [0.05, 0.1) is 19.0 Å². The number of hydrogen-bond donors (Lipinski definition) is 3. The minimum atomic E-state index is -0.126. The van der Waals surface area contributed by atoms with E-state index in [1.165, 1.54) is 25.7 Å². The molecule has 3 heterocycles. The largest absolute Gasteiger partial charge is 0.495 e. The number of carbonyl (C=O) groups excluding carboxylic acids is 2. The first-order chi connectivity index (χ1) is 18.0. The molecule has 0 unspecified atom stereocenters. The summed E-state index contributed by atoms with van der Waals surface area (Å²) in [6.07, 6.45) is 10.3. The Morgan fingerprint density at radius 3 is 2.76 bits per heavy atom. The first-order valence-electron chi connectivity index (χ1n) is 13.4. The van der Waals surface area contributed by atoms with Crippen LogP contribution in [0, 0.1) is 0 Å². The summed E-state index contributed by atoms with van der Waals surface area (Å²) in [5.41, 5.74) is 1.93. The second-order valence-electron chi connectivity index (χ2n) is 10.1. The molecule has 1 saturated heterocycles. The molecule has 0 spiro atoms. The zero-order chi connectivity index (χ0) is 25.8. The normalized spacial score (nSPS) is 20.4. The van der Waals surface area contributed by atoms with Gasteiger partial charge in [-0.2, -0.15) is 4.98 Å². The summed E-state index contributed by atoms with van der Waals surface area (Å²) in [4.78, 5) is 38.7. The summed E-state index contributed by atoms with van der Waals surface area (Å²) >= 11 is 0. The number of piperidine rings is 1. The van der Waals surface area contributed by atoms with Crippen LogP contribution in [-0.4, -0.2) is 67.7 Å². The Hall–Kier alpha value is -3.40. The van der Waals surface area contributed by atoms with Crippen molar-refractivity contribution in [3.05, 3.63) is 30.0 Å². The summed E-state index contributed by atoms with van der Waals surface area (Å²) < 4.78 is 5.60. The number of benzene rings is 1. The molecular weight excluding hydrogens is 470 g/mol. The van der Waals surface area contributed by atoms with Gasteiger partial charge >= 0.3 is 0 Å². The number of amides is 2. The summed E-state index contributed by atoms with van der Waals surface area (Å²) in [5, 5.41) is 9.74. The van der Waals surface area contributed by atoms with E-state index in [1.807, 2.05) is 6.07 Å². The van der Waals surface area contributed by atoms with Gasteiger partial charge in [-0.15, -0.1) is 0 Å². The van der Waals surface area contributed by atoms with Crippen LogP contribution < -0.4 is 30.5 Å². The van der Waals surface area contributed by atoms with Gasteiger partial charge in [-0.25, -0.2) is 4.98 Å². The van der Waals surface area contributed by atoms with Crippen LogP contribution in [0.3, 0.4) is 0 Å². The number of methoxy groups -OCH3 is 1. The maximum atomic E-state index is 12.8. The molecule has 198 valence electrons. The van der Waals surface area contributed by atoms with E-state index in [-0.39, 0.29) is 11.8 Å². The van der Waals surface area contributed by atoms with Crippen LogP contribution in [0.2, 0.25) is 0 Å². The minimum absolute atomic E-state index is 0.0702. The lowest BCUT2D eigenvalue weighted by Gasteiger charge is -2.30. The van der Waals surface area contributed by atoms with Gasteiger partial charge in [0.2, 0.25) is 11.9 Å². The van der Waals surface area contributed by atoms with Gasteiger partial charge in [0, 0.05) is 44.2 Å². The lowest BCUT2D eigenvalue weighted by atomic mass is 10.0. The Labute approximate surface area is 218 Å². The second-order valence-corrected chi connectivity index (χ2v) is 10.1. The fraction of sp³-hybridized carbons (Fsp3) is 0.556. The number of fused-ring (bicyclic) bond motifs is 1. The average Bonchev–Trinajstić information content (AvgIpc) is 3.43. The molecule has 0 bridgehead atoms. The highest BCUT2D eigenvalue weighted by atomic mass is 16.5. The fourth-order valence-corrected chi connectivity index (χ4v) is 5.54. The van der Waals surface area contributed by atoms with E-state index in [4.69, 9.17) is 9.72 Å². The van der Waals surface area contributed by atoms with E-state index in [9.17, 15) is 9.59 Å². The smallest absolute Gasteiger partial charge is 0.251 e. The zero-order valence-electron chi connectivity index (χ0n) is 21.8. The van der Waals surface area contributed by atoms with E-state index in [0.29, 0.717) is 54.5 Å². The standard InChI is InChI=1S/C27H37N7O3/c1-33-22-17-30-27(32-25(22)34(14-12-24(33)35)20-8-3-4-9-20)31-21-11-10-18(15-23(21)37-2)26(36)29-16-19-7-5-6-13-28-19/h10-11,15,17,19-20,28H,3-9,12-14,16H2,1-2H3,(H,29,36)(H,30,31,32)/t19-/m0/s1. The lowest BCUT2D eigenvalue weighted by Crippen LogP contribution is -2.43. The van der Waals surface area contributed by atoms with Gasteiger partial charge in [-0.3, -0.25) is 9.59 Å². The molecule has 2 fully saturated rings. The Balaban J connectivity index is 1.34. The van der Waals surface area contributed by atoms with Crippen LogP contribution >= 0.6 is 0 Å². The predicted molar refractivity (Wildman–Crippen MR) is 144 cm³/mol. The highest BCUT2D eigenvalue weighted by Crippen LogP contribution is 2.37. The topological polar surface area (TPSA) is 112 Å². The van der Waals surface area contributed by atoms with Crippen LogP contribution in [-0.2, 0) is 4.79 Å². The molecule has 3 aliphatic rings. The molecule has 37 heavy (non-hydrogen) atoms. The van der Waals surface area contributed by atoms with E-state index in [0.717, 1.165) is 37.3 Å². The molecule has 3 N–H and O–H groups in total. The third-order valence-electron chi connectivity index (χ3n) is 7.72. The molecular formula is C27H37N7O3. The van der Waals surface area contributed by atoms with Crippen LogP contribution in [0.15, 0.2) is 24.4 Å². The highest BCUT2D eigenvalue weighted by Gasteiger charge is 2.31. The molecule has 1 saturated carbocycles. The van der Waals surface area contributed by atoms with E-state index < -0.39 is 0 Å². The monoisotopic (exact) mass is 507 g/mol. The van der Waals surface area contributed by atoms with Gasteiger partial charge in [0.1, 0.15) is 11.4 Å². The number of nitrogens with one attached hydrogen (secondary N) is 3. The van der Waals surface area contributed by atoms with Crippen molar-refractivity contribution in [1.29, 1.82) is 0 Å². The van der Waals surface area contributed by atoms with E-state index >= 15 is 0 Å². The predicted octanol–water partition coefficient (Wildman–Crippen LogP) is 3.22. The number of nitrogens with zero attached hydrogens (tertiary/aromatic N) is 4. The van der Waals surface area contributed by atoms with Gasteiger partial charge in [0.25, 0.3) is 5.91 Å². The Morgan fingerprint density at radius 2 is 2.00 bits per heavy atom. The lowest BCUT2D eigenvalue weighted by molar-refractivity contribution is -0.118. The molecule has 0 radical (unpaired) electrons. The van der Waals surface area contributed by atoms with Crippen molar-refractivity contribution in [3.63, 3.8) is 0 Å². The van der Waals surface area contributed by atoms with Crippen LogP contribution in [0.1, 0.15) is 61.7 Å². The van der Waals surface area contributed by atoms with Gasteiger partial charge in [0.15, 0.2) is 5.82 Å². The number of rotatable bonds is 7. The summed E-state index contributed by atoms with van der Waals surface area (Å²) in [7, 11) is 3.36. The SMILES string of the molecule is COc1cc(C(=O)NC[C@@H]2CCCCN2)ccc1Nc1ncc2c(n1)N(C1CCCC1)CCC(=O)N2C. The Morgan fingerprint density at radius 1 is 1.19 bits per heavy atom. The molecule has 1 aromatic heterocycles. The van der Waals surface area contributed by atoms with Crippen molar-refractivity contribution in [3.8, 4) is 5.75 Å². The van der Waals surface area contributed by atoms with Crippen LogP contribution in [0.4, 0.5) is 23.1 Å². The quantitative estimate of drug-likeness (QED) is 0.524. The molecule has 2 aliphatic heterocycles. The summed E-state index contributed by atoms with van der Waals surface area (Å²) in [6.45, 7) is 2.27. The first-order valence-corrected chi connectivity index (χ1v) is 13.4. The van der Waals surface area contributed by atoms with Crippen molar-refractivity contribution < 1.29 is 14.3 Å². The molecule has 2 aromatic rings. The van der Waals surface area contributed by atoms with E-state index in [2.05, 4.69) is 25.8 Å². The van der Waals surface area contributed by atoms with E-state index in [1.54, 1.807) is 37.4 Å². The third kappa shape index (κ3) is 5.64. The third-order valence-corrected chi connectivity index (χ3v) is 7.72. The second kappa shape index (κ2) is 11.3. The number of hydrogen-bond acceptors (Lipinski definition) is 8. The Kier molecular flexibility index (Phi) is 7.73. The highest BCUT2D eigenvalue weighted by molar-refractivity contribution is 5.97. The van der Waals surface area contributed by atoms with Crippen molar-refractivity contribution in [2.45, 2.75) is 63.5 Å². The number of aromatic nitrogens is 2. The molecule has 1 aliphatic carbocycles. The molecule has 1 aromatic carbocycles. The average molecular weight is 508 g/mol. The maximum absolute atomic E-state index is 12.8. The van der Waals surface area contributed by atoms with Crippen LogP contribution in [0.25, 0.3) is 0 Å². The fourth-order valence-electron chi connectivity index (χ4n) is 5.54. The zero-order valence-corrected chi connectivity index (χ0v) is 21.8. The number of carbonyl (C=O) groups is 2. The number of anilines is 4. The molecule has 2 amide bonds. The van der Waals surface area contributed by atoms with Gasteiger partial charge in [-0.05, 0) is 50.4 Å². The first kappa shape index (κ1) is 25.3. The van der Waals surface area contributed by atoms with Gasteiger partial charge in [-0.1, -0.05) is 19.3 Å².